The highest BCUT2D eigenvalue weighted by Crippen LogP contribution is 2.38. The summed E-state index contributed by atoms with van der Waals surface area (Å²) in [7, 11) is 0. The van der Waals surface area contributed by atoms with Gasteiger partial charge in [0.2, 0.25) is 17.7 Å². The molecule has 2 aliphatic heterocycles. The number of anilines is 1. The van der Waals surface area contributed by atoms with Gasteiger partial charge in [-0.1, -0.05) is 25.4 Å². The fourth-order valence-corrected chi connectivity index (χ4v) is 4.57. The van der Waals surface area contributed by atoms with E-state index in [0.717, 1.165) is 11.3 Å². The Labute approximate surface area is 175 Å². The van der Waals surface area contributed by atoms with Crippen LogP contribution in [0.2, 0.25) is 5.02 Å². The molecule has 6 nitrogen and oxygen atoms in total. The van der Waals surface area contributed by atoms with Crippen molar-refractivity contribution in [2.45, 2.75) is 43.3 Å². The van der Waals surface area contributed by atoms with Crippen LogP contribution < -0.4 is 5.32 Å². The normalized spacial score (nSPS) is 19.4. The van der Waals surface area contributed by atoms with Crippen LogP contribution in [0.3, 0.4) is 0 Å². The number of fused-ring (bicyclic) bond motifs is 1. The molecule has 0 aromatic heterocycles. The Morgan fingerprint density at radius 1 is 1.18 bits per heavy atom. The number of nitrogens with zero attached hydrogens (tertiary/aromatic N) is 2. The average Bonchev–Trinajstić information content (AvgIpc) is 2.67. The van der Waals surface area contributed by atoms with Gasteiger partial charge in [-0.2, -0.15) is 0 Å². The van der Waals surface area contributed by atoms with Gasteiger partial charge in [0.1, 0.15) is 0 Å². The molecule has 1 unspecified atom stereocenters. The van der Waals surface area contributed by atoms with E-state index < -0.39 is 5.25 Å². The quantitative estimate of drug-likeness (QED) is 0.789. The van der Waals surface area contributed by atoms with Crippen molar-refractivity contribution in [3.63, 3.8) is 0 Å². The second-order valence-electron chi connectivity index (χ2n) is 7.63. The van der Waals surface area contributed by atoms with E-state index in [-0.39, 0.29) is 24.1 Å². The van der Waals surface area contributed by atoms with Crippen molar-refractivity contribution in [2.75, 3.05) is 31.5 Å². The van der Waals surface area contributed by atoms with E-state index in [1.807, 2.05) is 11.0 Å². The number of benzene rings is 1. The number of carbonyl (C=O) groups excluding carboxylic acids is 3. The molecule has 0 saturated carbocycles. The summed E-state index contributed by atoms with van der Waals surface area (Å²) in [5.41, 5.74) is 0.694. The fraction of sp³-hybridized carbons (Fsp3) is 0.550. The lowest BCUT2D eigenvalue weighted by atomic mass is 10.1. The standard InChI is InChI=1S/C20H26ClN3O3S/c1-13(2)3-6-18(25)23-7-9-24(10-8-23)19(26)12-17-20(27)22-15-11-14(21)4-5-16(15)28-17/h4-5,11,13,17H,3,6-10,12H2,1-2H3,(H,22,27). The molecule has 8 heteroatoms. The van der Waals surface area contributed by atoms with Crippen LogP contribution in [0.25, 0.3) is 0 Å². The Bertz CT molecular complexity index is 763. The summed E-state index contributed by atoms with van der Waals surface area (Å²) in [5.74, 6) is 0.459. The van der Waals surface area contributed by atoms with Crippen molar-refractivity contribution < 1.29 is 14.4 Å². The maximum absolute atomic E-state index is 12.7. The van der Waals surface area contributed by atoms with E-state index in [9.17, 15) is 14.4 Å². The highest BCUT2D eigenvalue weighted by molar-refractivity contribution is 8.01. The summed E-state index contributed by atoms with van der Waals surface area (Å²) >= 11 is 7.36. The lowest BCUT2D eigenvalue weighted by Crippen LogP contribution is -2.51. The first kappa shape index (κ1) is 21.0. The molecule has 152 valence electrons. The lowest BCUT2D eigenvalue weighted by molar-refractivity contribution is -0.140. The number of thioether (sulfide) groups is 1. The summed E-state index contributed by atoms with van der Waals surface area (Å²) in [4.78, 5) is 41.8. The molecule has 2 heterocycles. The Balaban J connectivity index is 1.50. The predicted octanol–water partition coefficient (Wildman–Crippen LogP) is 3.25. The van der Waals surface area contributed by atoms with E-state index in [4.69, 9.17) is 11.6 Å². The first-order valence-electron chi connectivity index (χ1n) is 9.66. The number of hydrogen-bond acceptors (Lipinski definition) is 4. The van der Waals surface area contributed by atoms with Crippen molar-refractivity contribution in [3.05, 3.63) is 23.2 Å². The van der Waals surface area contributed by atoms with Crippen molar-refractivity contribution in [1.82, 2.24) is 9.80 Å². The van der Waals surface area contributed by atoms with Gasteiger partial charge in [-0.3, -0.25) is 14.4 Å². The van der Waals surface area contributed by atoms with E-state index >= 15 is 0 Å². The summed E-state index contributed by atoms with van der Waals surface area (Å²) in [5, 5.41) is 2.95. The van der Waals surface area contributed by atoms with Crippen LogP contribution in [0.15, 0.2) is 23.1 Å². The van der Waals surface area contributed by atoms with E-state index in [0.29, 0.717) is 49.2 Å². The maximum atomic E-state index is 12.7. The zero-order valence-electron chi connectivity index (χ0n) is 16.2. The van der Waals surface area contributed by atoms with Gasteiger partial charge >= 0.3 is 0 Å². The van der Waals surface area contributed by atoms with Crippen molar-refractivity contribution >= 4 is 46.8 Å². The second-order valence-corrected chi connectivity index (χ2v) is 9.32. The maximum Gasteiger partial charge on any atom is 0.238 e. The molecule has 3 amide bonds. The fourth-order valence-electron chi connectivity index (χ4n) is 3.32. The van der Waals surface area contributed by atoms with Crippen LogP contribution in [0.4, 0.5) is 5.69 Å². The van der Waals surface area contributed by atoms with Crippen LogP contribution in [0.5, 0.6) is 0 Å². The van der Waals surface area contributed by atoms with Gasteiger partial charge in [-0.25, -0.2) is 0 Å². The van der Waals surface area contributed by atoms with Crippen LogP contribution >= 0.6 is 23.4 Å². The van der Waals surface area contributed by atoms with Crippen LogP contribution in [-0.2, 0) is 14.4 Å². The number of amides is 3. The first-order chi connectivity index (χ1) is 13.3. The van der Waals surface area contributed by atoms with Crippen molar-refractivity contribution in [1.29, 1.82) is 0 Å². The van der Waals surface area contributed by atoms with E-state index in [1.165, 1.54) is 11.8 Å². The third-order valence-corrected chi connectivity index (χ3v) is 6.55. The minimum Gasteiger partial charge on any atom is -0.339 e. The third-order valence-electron chi connectivity index (χ3n) is 5.04. The molecule has 1 aromatic carbocycles. The summed E-state index contributed by atoms with van der Waals surface area (Å²) in [6.07, 6.45) is 1.60. The number of nitrogens with one attached hydrogen (secondary N) is 1. The highest BCUT2D eigenvalue weighted by Gasteiger charge is 2.32. The lowest BCUT2D eigenvalue weighted by Gasteiger charge is -2.35. The minimum absolute atomic E-state index is 0.0423. The van der Waals surface area contributed by atoms with E-state index in [1.54, 1.807) is 17.0 Å². The largest absolute Gasteiger partial charge is 0.339 e. The number of hydrogen-bond donors (Lipinski definition) is 1. The molecule has 0 radical (unpaired) electrons. The highest BCUT2D eigenvalue weighted by atomic mass is 35.5. The predicted molar refractivity (Wildman–Crippen MR) is 112 cm³/mol. The molecule has 2 aliphatic rings. The summed E-state index contributed by atoms with van der Waals surface area (Å²) < 4.78 is 0. The molecular weight excluding hydrogens is 398 g/mol. The van der Waals surface area contributed by atoms with Gasteiger partial charge in [0.25, 0.3) is 0 Å². The Morgan fingerprint density at radius 3 is 2.46 bits per heavy atom. The first-order valence-corrected chi connectivity index (χ1v) is 10.9. The zero-order valence-corrected chi connectivity index (χ0v) is 17.8. The number of rotatable bonds is 5. The molecule has 3 rings (SSSR count). The van der Waals surface area contributed by atoms with Crippen LogP contribution in [0, 0.1) is 5.92 Å². The van der Waals surface area contributed by atoms with Crippen molar-refractivity contribution in [3.8, 4) is 0 Å². The van der Waals surface area contributed by atoms with Crippen LogP contribution in [0.1, 0.15) is 33.1 Å². The monoisotopic (exact) mass is 423 g/mol. The number of carbonyl (C=O) groups is 3. The molecule has 1 saturated heterocycles. The van der Waals surface area contributed by atoms with Gasteiger partial charge in [0, 0.05) is 48.9 Å². The van der Waals surface area contributed by atoms with Crippen LogP contribution in [-0.4, -0.2) is 59.0 Å². The minimum atomic E-state index is -0.452. The molecule has 1 aromatic rings. The Hall–Kier alpha value is -1.73. The van der Waals surface area contributed by atoms with Gasteiger partial charge < -0.3 is 15.1 Å². The molecule has 28 heavy (non-hydrogen) atoms. The Morgan fingerprint density at radius 2 is 1.82 bits per heavy atom. The molecule has 1 N–H and O–H groups in total. The average molecular weight is 424 g/mol. The summed E-state index contributed by atoms with van der Waals surface area (Å²) in [6.45, 7) is 6.39. The van der Waals surface area contributed by atoms with Gasteiger partial charge in [0.05, 0.1) is 10.9 Å². The van der Waals surface area contributed by atoms with Crippen molar-refractivity contribution in [2.24, 2.45) is 5.92 Å². The third kappa shape index (κ3) is 5.20. The number of halogens is 1. The molecule has 0 spiro atoms. The topological polar surface area (TPSA) is 69.7 Å². The Kier molecular flexibility index (Phi) is 6.88. The molecule has 0 bridgehead atoms. The molecular formula is C20H26ClN3O3S. The van der Waals surface area contributed by atoms with Gasteiger partial charge in [0.15, 0.2) is 0 Å². The SMILES string of the molecule is CC(C)CCC(=O)N1CCN(C(=O)CC2Sc3ccc(Cl)cc3NC2=O)CC1. The van der Waals surface area contributed by atoms with Gasteiger partial charge in [-0.05, 0) is 30.5 Å². The second kappa shape index (κ2) is 9.18. The summed E-state index contributed by atoms with van der Waals surface area (Å²) in [6, 6.07) is 5.36. The van der Waals surface area contributed by atoms with E-state index in [2.05, 4.69) is 19.2 Å². The molecule has 1 atom stereocenters. The zero-order chi connectivity index (χ0) is 20.3. The number of piperazine rings is 1. The molecule has 0 aliphatic carbocycles. The smallest absolute Gasteiger partial charge is 0.238 e. The van der Waals surface area contributed by atoms with Gasteiger partial charge in [-0.15, -0.1) is 11.8 Å². The molecule has 1 fully saturated rings.